The fourth-order valence-electron chi connectivity index (χ4n) is 0.770. The maximum Gasteiger partial charge on any atom is 0.296 e. The minimum atomic E-state index is -3.76. The van der Waals surface area contributed by atoms with Crippen molar-refractivity contribution in [2.24, 2.45) is 0 Å². The molecule has 6 nitrogen and oxygen atoms in total. The summed E-state index contributed by atoms with van der Waals surface area (Å²) in [5.41, 5.74) is 5.02. The Balaban J connectivity index is 3.14. The zero-order valence-electron chi connectivity index (χ0n) is 7.47. The Kier molecular flexibility index (Phi) is 2.80. The zero-order valence-corrected chi connectivity index (χ0v) is 8.28. The van der Waals surface area contributed by atoms with Crippen LogP contribution in [0.4, 0.5) is 5.82 Å². The van der Waals surface area contributed by atoms with Crippen LogP contribution in [0.1, 0.15) is 17.4 Å². The summed E-state index contributed by atoms with van der Waals surface area (Å²) in [5.74, 6) is -0.246. The van der Waals surface area contributed by atoms with Crippen LogP contribution in [0.15, 0.2) is 12.4 Å². The van der Waals surface area contributed by atoms with Gasteiger partial charge in [0.15, 0.2) is 0 Å². The summed E-state index contributed by atoms with van der Waals surface area (Å²) in [6.07, 6.45) is 2.31. The maximum absolute atomic E-state index is 11.3. The van der Waals surface area contributed by atoms with Crippen LogP contribution in [0.5, 0.6) is 0 Å². The predicted molar refractivity (Wildman–Crippen MR) is 50.2 cm³/mol. The quantitative estimate of drug-likeness (QED) is 0.722. The van der Waals surface area contributed by atoms with Gasteiger partial charge in [-0.1, -0.05) is 6.92 Å². The van der Waals surface area contributed by atoms with Crippen molar-refractivity contribution in [1.29, 1.82) is 0 Å². The van der Waals surface area contributed by atoms with Gasteiger partial charge in [0.25, 0.3) is 5.12 Å². The van der Waals surface area contributed by atoms with Gasteiger partial charge in [0, 0.05) is 0 Å². The fourth-order valence-corrected chi connectivity index (χ4v) is 1.45. The minimum Gasteiger partial charge on any atom is -0.382 e. The molecule has 2 N–H and O–H groups in total. The third-order valence-electron chi connectivity index (χ3n) is 1.52. The van der Waals surface area contributed by atoms with E-state index in [1.54, 1.807) is 0 Å². The highest BCUT2D eigenvalue weighted by Crippen LogP contribution is 2.04. The van der Waals surface area contributed by atoms with Crippen molar-refractivity contribution < 1.29 is 13.2 Å². The lowest BCUT2D eigenvalue weighted by molar-refractivity contribution is 0.107. The molecule has 0 aliphatic rings. The van der Waals surface area contributed by atoms with Gasteiger partial charge in [-0.3, -0.25) is 9.78 Å². The van der Waals surface area contributed by atoms with E-state index in [1.165, 1.54) is 13.1 Å². The van der Waals surface area contributed by atoms with Crippen LogP contribution in [-0.2, 0) is 9.84 Å². The Hall–Kier alpha value is -1.50. The van der Waals surface area contributed by atoms with Crippen molar-refractivity contribution in [3.05, 3.63) is 18.1 Å². The number of carbonyl (C=O) groups excluding carboxylic acids is 1. The van der Waals surface area contributed by atoms with Gasteiger partial charge in [-0.15, -0.1) is 0 Å². The average molecular weight is 215 g/mol. The van der Waals surface area contributed by atoms with Crippen LogP contribution in [0, 0.1) is 0 Å². The maximum atomic E-state index is 11.3. The third kappa shape index (κ3) is 2.05. The van der Waals surface area contributed by atoms with Crippen LogP contribution >= 0.6 is 0 Å². The number of carbonyl (C=O) groups is 1. The monoisotopic (exact) mass is 215 g/mol. The summed E-state index contributed by atoms with van der Waals surface area (Å²) < 4.78 is 22.3. The number of sulfone groups is 1. The van der Waals surface area contributed by atoms with Gasteiger partial charge in [0.1, 0.15) is 11.5 Å². The molecule has 7 heteroatoms. The van der Waals surface area contributed by atoms with Gasteiger partial charge in [0.05, 0.1) is 18.1 Å². The number of nitrogens with two attached hydrogens (primary N) is 1. The van der Waals surface area contributed by atoms with Gasteiger partial charge < -0.3 is 5.73 Å². The SMILES string of the molecule is CCS(=O)(=O)C(=O)c1cncc(N)n1. The van der Waals surface area contributed by atoms with Crippen LogP contribution in [0.2, 0.25) is 0 Å². The highest BCUT2D eigenvalue weighted by atomic mass is 32.2. The van der Waals surface area contributed by atoms with Crippen molar-refractivity contribution in [1.82, 2.24) is 9.97 Å². The molecule has 0 saturated heterocycles. The molecule has 0 unspecified atom stereocenters. The first kappa shape index (κ1) is 10.6. The Labute approximate surface area is 81.1 Å². The zero-order chi connectivity index (χ0) is 10.8. The van der Waals surface area contributed by atoms with Gasteiger partial charge in [-0.2, -0.15) is 0 Å². The van der Waals surface area contributed by atoms with Gasteiger partial charge in [-0.05, 0) is 0 Å². The summed E-state index contributed by atoms with van der Waals surface area (Å²) in [6.45, 7) is 1.38. The number of nitrogen functional groups attached to an aromatic ring is 1. The fraction of sp³-hybridized carbons (Fsp3) is 0.286. The number of anilines is 1. The van der Waals surface area contributed by atoms with Crippen molar-refractivity contribution in [2.45, 2.75) is 6.92 Å². The molecule has 1 heterocycles. The summed E-state index contributed by atoms with van der Waals surface area (Å²) in [5, 5.41) is -1.04. The highest BCUT2D eigenvalue weighted by molar-refractivity contribution is 8.06. The molecule has 0 aromatic carbocycles. The largest absolute Gasteiger partial charge is 0.382 e. The molecule has 14 heavy (non-hydrogen) atoms. The van der Waals surface area contributed by atoms with E-state index in [-0.39, 0.29) is 17.3 Å². The summed E-state index contributed by atoms with van der Waals surface area (Å²) in [7, 11) is -3.76. The Morgan fingerprint density at radius 3 is 2.64 bits per heavy atom. The lowest BCUT2D eigenvalue weighted by Gasteiger charge is -1.99. The molecule has 0 aliphatic heterocycles. The van der Waals surface area contributed by atoms with Crippen LogP contribution in [0.25, 0.3) is 0 Å². The van der Waals surface area contributed by atoms with Gasteiger partial charge in [0.2, 0.25) is 9.84 Å². The van der Waals surface area contributed by atoms with E-state index in [2.05, 4.69) is 9.97 Å². The predicted octanol–water partition coefficient (Wildman–Crippen LogP) is -0.366. The molecule has 0 atom stereocenters. The molecule has 0 bridgehead atoms. The normalized spacial score (nSPS) is 11.2. The van der Waals surface area contributed by atoms with E-state index in [1.807, 2.05) is 0 Å². The summed E-state index contributed by atoms with van der Waals surface area (Å²) >= 11 is 0. The lowest BCUT2D eigenvalue weighted by atomic mass is 10.5. The van der Waals surface area contributed by atoms with Gasteiger partial charge in [-0.25, -0.2) is 13.4 Å². The van der Waals surface area contributed by atoms with E-state index in [0.717, 1.165) is 6.20 Å². The Morgan fingerprint density at radius 2 is 2.14 bits per heavy atom. The van der Waals surface area contributed by atoms with Crippen molar-refractivity contribution >= 4 is 20.8 Å². The molecule has 1 aromatic rings. The number of hydrogen-bond acceptors (Lipinski definition) is 6. The standard InChI is InChI=1S/C7H9N3O3S/c1-2-14(12,13)7(11)5-3-9-4-6(8)10-5/h3-4H,2H2,1H3,(H2,8,10). The first-order valence-electron chi connectivity index (χ1n) is 3.82. The molecule has 76 valence electrons. The summed E-state index contributed by atoms with van der Waals surface area (Å²) in [4.78, 5) is 18.5. The second-order valence-corrected chi connectivity index (χ2v) is 4.70. The molecular formula is C7H9N3O3S. The topological polar surface area (TPSA) is 103 Å². The third-order valence-corrected chi connectivity index (χ3v) is 3.06. The Morgan fingerprint density at radius 1 is 1.50 bits per heavy atom. The number of hydrogen-bond donors (Lipinski definition) is 1. The number of nitrogens with zero attached hydrogens (tertiary/aromatic N) is 2. The Bertz CT molecular complexity index is 455. The van der Waals surface area contributed by atoms with E-state index in [4.69, 9.17) is 5.73 Å². The van der Waals surface area contributed by atoms with Crippen molar-refractivity contribution in [3.63, 3.8) is 0 Å². The molecule has 1 aromatic heterocycles. The smallest absolute Gasteiger partial charge is 0.296 e. The van der Waals surface area contributed by atoms with E-state index in [9.17, 15) is 13.2 Å². The number of aromatic nitrogens is 2. The van der Waals surface area contributed by atoms with E-state index in [0.29, 0.717) is 0 Å². The average Bonchev–Trinajstić information content (AvgIpc) is 2.16. The molecule has 1 rings (SSSR count). The molecule has 0 saturated carbocycles. The minimum absolute atomic E-state index is 0.0159. The second kappa shape index (κ2) is 3.70. The molecule has 0 radical (unpaired) electrons. The van der Waals surface area contributed by atoms with Crippen molar-refractivity contribution in [3.8, 4) is 0 Å². The molecule has 0 fully saturated rings. The van der Waals surface area contributed by atoms with Gasteiger partial charge >= 0.3 is 0 Å². The van der Waals surface area contributed by atoms with Crippen LogP contribution < -0.4 is 5.73 Å². The molecule has 0 spiro atoms. The molecule has 0 aliphatic carbocycles. The van der Waals surface area contributed by atoms with E-state index < -0.39 is 15.0 Å². The number of rotatable bonds is 2. The molecule has 0 amide bonds. The highest BCUT2D eigenvalue weighted by Gasteiger charge is 2.23. The lowest BCUT2D eigenvalue weighted by Crippen LogP contribution is -2.18. The van der Waals surface area contributed by atoms with Crippen molar-refractivity contribution in [2.75, 3.05) is 11.5 Å². The van der Waals surface area contributed by atoms with Crippen LogP contribution in [0.3, 0.4) is 0 Å². The first-order valence-corrected chi connectivity index (χ1v) is 5.47. The van der Waals surface area contributed by atoms with E-state index >= 15 is 0 Å². The first-order chi connectivity index (χ1) is 6.47. The second-order valence-electron chi connectivity index (χ2n) is 2.52. The summed E-state index contributed by atoms with van der Waals surface area (Å²) in [6, 6.07) is 0. The molecular weight excluding hydrogens is 206 g/mol. The van der Waals surface area contributed by atoms with Crippen LogP contribution in [-0.4, -0.2) is 29.3 Å².